The molecule has 2 heterocycles. The highest BCUT2D eigenvalue weighted by Gasteiger charge is 2.33. The average molecular weight is 248 g/mol. The first-order valence-electron chi connectivity index (χ1n) is 6.84. The van der Waals surface area contributed by atoms with E-state index in [4.69, 9.17) is 9.47 Å². The summed E-state index contributed by atoms with van der Waals surface area (Å²) >= 11 is 0. The lowest BCUT2D eigenvalue weighted by atomic mass is 9.80. The Kier molecular flexibility index (Phi) is 3.52. The minimum absolute atomic E-state index is 0.196. The Hall–Kier alpha value is -1.06. The number of hydrogen-bond donors (Lipinski definition) is 1. The van der Waals surface area contributed by atoms with Gasteiger partial charge in [-0.3, -0.25) is 0 Å². The smallest absolute Gasteiger partial charge is 0.122 e. The monoisotopic (exact) mass is 248 g/mol. The predicted octanol–water partition coefficient (Wildman–Crippen LogP) is 2.34. The molecule has 2 aliphatic heterocycles. The zero-order chi connectivity index (χ0) is 12.4. The van der Waals surface area contributed by atoms with Gasteiger partial charge in [-0.25, -0.2) is 0 Å². The van der Waals surface area contributed by atoms with Crippen molar-refractivity contribution in [3.63, 3.8) is 0 Å². The van der Waals surface area contributed by atoms with Crippen LogP contribution in [0.25, 0.3) is 0 Å². The summed E-state index contributed by atoms with van der Waals surface area (Å²) in [5.74, 6) is 1.40. The molecule has 0 saturated carbocycles. The van der Waals surface area contributed by atoms with Gasteiger partial charge in [-0.1, -0.05) is 18.2 Å². The molecule has 98 valence electrons. The van der Waals surface area contributed by atoms with Crippen LogP contribution in [0.15, 0.2) is 24.3 Å². The first-order chi connectivity index (χ1) is 8.86. The molecule has 0 aliphatic carbocycles. The molecule has 1 saturated heterocycles. The van der Waals surface area contributed by atoms with Crippen molar-refractivity contribution in [2.45, 2.75) is 31.3 Å². The van der Waals surface area contributed by atoms with Gasteiger partial charge in [0.25, 0.3) is 0 Å². The maximum absolute atomic E-state index is 10.6. The molecule has 3 heteroatoms. The first kappa shape index (κ1) is 12.0. The van der Waals surface area contributed by atoms with Gasteiger partial charge in [0.15, 0.2) is 0 Å². The normalized spacial score (nSPS) is 29.2. The second-order valence-electron chi connectivity index (χ2n) is 5.25. The van der Waals surface area contributed by atoms with Crippen LogP contribution in [0.5, 0.6) is 5.75 Å². The van der Waals surface area contributed by atoms with Crippen molar-refractivity contribution in [3.05, 3.63) is 29.8 Å². The molecule has 0 aromatic heterocycles. The number of hydrogen-bond acceptors (Lipinski definition) is 3. The zero-order valence-corrected chi connectivity index (χ0v) is 10.5. The van der Waals surface area contributed by atoms with E-state index in [0.717, 1.165) is 37.2 Å². The number of aliphatic hydroxyl groups excluding tert-OH is 1. The lowest BCUT2D eigenvalue weighted by molar-refractivity contribution is -0.0243. The number of para-hydroxylation sites is 1. The van der Waals surface area contributed by atoms with E-state index < -0.39 is 0 Å². The number of aliphatic hydroxyl groups is 1. The number of ether oxygens (including phenoxy) is 2. The zero-order valence-electron chi connectivity index (χ0n) is 10.5. The van der Waals surface area contributed by atoms with Crippen LogP contribution in [-0.2, 0) is 4.74 Å². The highest BCUT2D eigenvalue weighted by atomic mass is 16.5. The third-order valence-electron chi connectivity index (χ3n) is 4.10. The molecule has 3 atom stereocenters. The Balaban J connectivity index is 1.80. The van der Waals surface area contributed by atoms with Crippen LogP contribution in [0.4, 0.5) is 0 Å². The lowest BCUT2D eigenvalue weighted by Crippen LogP contribution is -2.35. The van der Waals surface area contributed by atoms with Crippen LogP contribution in [0.2, 0.25) is 0 Å². The second-order valence-corrected chi connectivity index (χ2v) is 5.25. The fourth-order valence-corrected chi connectivity index (χ4v) is 3.09. The Labute approximate surface area is 108 Å². The molecular weight excluding hydrogens is 228 g/mol. The van der Waals surface area contributed by atoms with E-state index in [9.17, 15) is 5.11 Å². The van der Waals surface area contributed by atoms with E-state index >= 15 is 0 Å². The summed E-state index contributed by atoms with van der Waals surface area (Å²) in [6.07, 6.45) is 2.72. The fourth-order valence-electron chi connectivity index (χ4n) is 3.09. The first-order valence-corrected chi connectivity index (χ1v) is 6.84. The van der Waals surface area contributed by atoms with E-state index in [-0.39, 0.29) is 17.9 Å². The minimum Gasteiger partial charge on any atom is -0.493 e. The van der Waals surface area contributed by atoms with Crippen molar-refractivity contribution in [3.8, 4) is 5.75 Å². The molecule has 1 fully saturated rings. The fraction of sp³-hybridized carbons (Fsp3) is 0.600. The average Bonchev–Trinajstić information content (AvgIpc) is 2.47. The van der Waals surface area contributed by atoms with Crippen LogP contribution >= 0.6 is 0 Å². The number of fused-ring (bicyclic) bond motifs is 1. The highest BCUT2D eigenvalue weighted by molar-refractivity contribution is 5.38. The summed E-state index contributed by atoms with van der Waals surface area (Å²) in [4.78, 5) is 0. The molecule has 3 nitrogen and oxygen atoms in total. The van der Waals surface area contributed by atoms with Gasteiger partial charge in [0.1, 0.15) is 5.75 Å². The molecule has 3 rings (SSSR count). The van der Waals surface area contributed by atoms with Crippen molar-refractivity contribution >= 4 is 0 Å². The largest absolute Gasteiger partial charge is 0.493 e. The van der Waals surface area contributed by atoms with Crippen molar-refractivity contribution in [2.24, 2.45) is 5.92 Å². The van der Waals surface area contributed by atoms with Gasteiger partial charge in [0.05, 0.1) is 19.3 Å². The molecule has 1 aromatic rings. The van der Waals surface area contributed by atoms with E-state index in [1.54, 1.807) is 0 Å². The lowest BCUT2D eigenvalue weighted by Gasteiger charge is -2.35. The Morgan fingerprint density at radius 1 is 1.17 bits per heavy atom. The summed E-state index contributed by atoms with van der Waals surface area (Å²) in [5, 5.41) is 10.6. The van der Waals surface area contributed by atoms with Crippen LogP contribution < -0.4 is 4.74 Å². The predicted molar refractivity (Wildman–Crippen MR) is 68.8 cm³/mol. The van der Waals surface area contributed by atoms with Gasteiger partial charge >= 0.3 is 0 Å². The van der Waals surface area contributed by atoms with Crippen molar-refractivity contribution in [1.82, 2.24) is 0 Å². The molecule has 1 aromatic carbocycles. The van der Waals surface area contributed by atoms with E-state index in [1.165, 1.54) is 0 Å². The van der Waals surface area contributed by atoms with Gasteiger partial charge in [-0.2, -0.15) is 0 Å². The van der Waals surface area contributed by atoms with Gasteiger partial charge in [-0.15, -0.1) is 0 Å². The van der Waals surface area contributed by atoms with Gasteiger partial charge < -0.3 is 14.6 Å². The third-order valence-corrected chi connectivity index (χ3v) is 4.10. The molecule has 2 aliphatic rings. The quantitative estimate of drug-likeness (QED) is 0.873. The summed E-state index contributed by atoms with van der Waals surface area (Å²) in [6, 6.07) is 8.07. The Morgan fingerprint density at radius 2 is 2.06 bits per heavy atom. The van der Waals surface area contributed by atoms with E-state index in [0.29, 0.717) is 13.2 Å². The van der Waals surface area contributed by atoms with Crippen LogP contribution in [-0.4, -0.2) is 31.0 Å². The Bertz CT molecular complexity index is 398. The highest BCUT2D eigenvalue weighted by Crippen LogP contribution is 2.38. The molecule has 18 heavy (non-hydrogen) atoms. The van der Waals surface area contributed by atoms with E-state index in [1.807, 2.05) is 18.2 Å². The molecule has 0 spiro atoms. The van der Waals surface area contributed by atoms with Crippen LogP contribution in [0.1, 0.15) is 30.7 Å². The Morgan fingerprint density at radius 3 is 2.89 bits per heavy atom. The van der Waals surface area contributed by atoms with Crippen molar-refractivity contribution in [2.75, 3.05) is 19.8 Å². The summed E-state index contributed by atoms with van der Waals surface area (Å²) in [5.41, 5.74) is 1.15. The standard InChI is InChI=1S/C15H20O3/c16-15(11-4-3-8-17-10-11)13-7-9-18-14-6-2-1-5-12(13)14/h1-2,5-6,11,13,15-16H,3-4,7-10H2. The molecule has 3 unspecified atom stereocenters. The maximum Gasteiger partial charge on any atom is 0.122 e. The molecule has 0 amide bonds. The SMILES string of the molecule is OC(C1CCCOC1)C1CCOc2ccccc21. The summed E-state index contributed by atoms with van der Waals surface area (Å²) < 4.78 is 11.1. The van der Waals surface area contributed by atoms with Crippen LogP contribution in [0.3, 0.4) is 0 Å². The number of benzene rings is 1. The summed E-state index contributed by atoms with van der Waals surface area (Å²) in [6.45, 7) is 2.24. The van der Waals surface area contributed by atoms with E-state index in [2.05, 4.69) is 6.07 Å². The number of rotatable bonds is 2. The maximum atomic E-state index is 10.6. The third kappa shape index (κ3) is 2.25. The molecule has 1 N–H and O–H groups in total. The minimum atomic E-state index is -0.310. The van der Waals surface area contributed by atoms with Gasteiger partial charge in [0.2, 0.25) is 0 Å². The van der Waals surface area contributed by atoms with Crippen molar-refractivity contribution < 1.29 is 14.6 Å². The molecule has 0 bridgehead atoms. The van der Waals surface area contributed by atoms with Crippen LogP contribution in [0, 0.1) is 5.92 Å². The topological polar surface area (TPSA) is 38.7 Å². The molecular formula is C15H20O3. The second kappa shape index (κ2) is 5.29. The summed E-state index contributed by atoms with van der Waals surface area (Å²) in [7, 11) is 0. The van der Waals surface area contributed by atoms with Gasteiger partial charge in [0, 0.05) is 18.4 Å². The van der Waals surface area contributed by atoms with Gasteiger partial charge in [-0.05, 0) is 30.9 Å². The molecule has 0 radical (unpaired) electrons. The van der Waals surface area contributed by atoms with Crippen molar-refractivity contribution in [1.29, 1.82) is 0 Å².